The van der Waals surface area contributed by atoms with E-state index in [0.29, 0.717) is 11.3 Å². The average Bonchev–Trinajstić information content (AvgIpc) is 3.32. The highest BCUT2D eigenvalue weighted by atomic mass is 32.2. The summed E-state index contributed by atoms with van der Waals surface area (Å²) in [5.74, 6) is 2.17. The van der Waals surface area contributed by atoms with Gasteiger partial charge in [0.1, 0.15) is 5.76 Å². The Balaban J connectivity index is 1.74. The summed E-state index contributed by atoms with van der Waals surface area (Å²) in [6.45, 7) is 1.91. The molecule has 5 nitrogen and oxygen atoms in total. The summed E-state index contributed by atoms with van der Waals surface area (Å²) in [5.41, 5.74) is 3.56. The van der Waals surface area contributed by atoms with Gasteiger partial charge in [0.15, 0.2) is 11.0 Å². The summed E-state index contributed by atoms with van der Waals surface area (Å²) >= 11 is 1.56. The molecule has 4 rings (SSSR count). The van der Waals surface area contributed by atoms with Crippen molar-refractivity contribution in [3.63, 3.8) is 0 Å². The molecule has 0 fully saturated rings. The lowest BCUT2D eigenvalue weighted by Gasteiger charge is -2.10. The topological polar surface area (TPSA) is 67.6 Å². The van der Waals surface area contributed by atoms with Gasteiger partial charge in [0.05, 0.1) is 23.5 Å². The first kappa shape index (κ1) is 17.1. The van der Waals surface area contributed by atoms with Crippen LogP contribution in [0.1, 0.15) is 16.9 Å². The number of hydrogen-bond acceptors (Lipinski definition) is 5. The molecule has 0 amide bonds. The summed E-state index contributed by atoms with van der Waals surface area (Å²) in [5, 5.41) is 18.9. The Morgan fingerprint density at radius 2 is 1.81 bits per heavy atom. The summed E-state index contributed by atoms with van der Waals surface area (Å²) in [7, 11) is 0. The smallest absolute Gasteiger partial charge is 0.196 e. The fourth-order valence-electron chi connectivity index (χ4n) is 2.86. The van der Waals surface area contributed by atoms with Gasteiger partial charge in [-0.1, -0.05) is 48.2 Å². The van der Waals surface area contributed by atoms with E-state index in [9.17, 15) is 5.26 Å². The van der Waals surface area contributed by atoms with Crippen molar-refractivity contribution in [3.8, 4) is 23.1 Å². The van der Waals surface area contributed by atoms with Gasteiger partial charge in [0.2, 0.25) is 0 Å². The lowest BCUT2D eigenvalue weighted by atomic mass is 10.1. The quantitative estimate of drug-likeness (QED) is 0.461. The zero-order chi connectivity index (χ0) is 18.6. The molecule has 0 aliphatic heterocycles. The van der Waals surface area contributed by atoms with Crippen LogP contribution in [0.5, 0.6) is 0 Å². The average molecular weight is 372 g/mol. The molecule has 0 radical (unpaired) electrons. The molecule has 0 bridgehead atoms. The maximum absolute atomic E-state index is 9.31. The molecule has 27 heavy (non-hydrogen) atoms. The van der Waals surface area contributed by atoms with Gasteiger partial charge in [-0.2, -0.15) is 5.26 Å². The zero-order valence-corrected chi connectivity index (χ0v) is 15.5. The monoisotopic (exact) mass is 372 g/mol. The Kier molecular flexibility index (Phi) is 4.77. The molecular formula is C21H16N4OS. The maximum Gasteiger partial charge on any atom is 0.196 e. The van der Waals surface area contributed by atoms with Crippen LogP contribution in [-0.2, 0) is 5.75 Å². The van der Waals surface area contributed by atoms with Gasteiger partial charge < -0.3 is 4.42 Å². The van der Waals surface area contributed by atoms with E-state index in [4.69, 9.17) is 4.42 Å². The van der Waals surface area contributed by atoms with Gasteiger partial charge in [-0.25, -0.2) is 0 Å². The third-order valence-electron chi connectivity index (χ3n) is 4.24. The third kappa shape index (κ3) is 3.37. The largest absolute Gasteiger partial charge is 0.469 e. The van der Waals surface area contributed by atoms with Crippen molar-refractivity contribution in [1.82, 2.24) is 14.8 Å². The van der Waals surface area contributed by atoms with E-state index < -0.39 is 0 Å². The standard InChI is InChI=1S/C21H16N4OS/c1-15-19(11-12-26-15)20-23-24-21(25(20)18-9-3-2-4-10-18)27-14-17-8-6-5-7-16(17)13-22/h2-12H,14H2,1H3. The molecule has 0 aliphatic rings. The summed E-state index contributed by atoms with van der Waals surface area (Å²) < 4.78 is 7.48. The first-order chi connectivity index (χ1) is 13.3. The van der Waals surface area contributed by atoms with Crippen LogP contribution in [-0.4, -0.2) is 14.8 Å². The van der Waals surface area contributed by atoms with E-state index >= 15 is 0 Å². The van der Waals surface area contributed by atoms with Crippen LogP contribution in [0, 0.1) is 18.3 Å². The maximum atomic E-state index is 9.31. The Labute approximate surface area is 161 Å². The first-order valence-corrected chi connectivity index (χ1v) is 9.42. The molecule has 2 aromatic heterocycles. The number of hydrogen-bond donors (Lipinski definition) is 0. The van der Waals surface area contributed by atoms with Gasteiger partial charge >= 0.3 is 0 Å². The van der Waals surface area contributed by atoms with E-state index in [2.05, 4.69) is 16.3 Å². The van der Waals surface area contributed by atoms with Crippen LogP contribution >= 0.6 is 11.8 Å². The zero-order valence-electron chi connectivity index (χ0n) is 14.7. The van der Waals surface area contributed by atoms with Crippen molar-refractivity contribution in [2.75, 3.05) is 0 Å². The molecule has 6 heteroatoms. The van der Waals surface area contributed by atoms with Crippen molar-refractivity contribution in [3.05, 3.63) is 83.8 Å². The predicted octanol–water partition coefficient (Wildman–Crippen LogP) is 5.00. The molecular weight excluding hydrogens is 356 g/mol. The molecule has 4 aromatic rings. The lowest BCUT2D eigenvalue weighted by molar-refractivity contribution is 0.535. The lowest BCUT2D eigenvalue weighted by Crippen LogP contribution is -2.00. The van der Waals surface area contributed by atoms with Crippen LogP contribution in [0.4, 0.5) is 0 Å². The number of nitrogens with zero attached hydrogens (tertiary/aromatic N) is 4. The highest BCUT2D eigenvalue weighted by Crippen LogP contribution is 2.31. The summed E-state index contributed by atoms with van der Waals surface area (Å²) in [4.78, 5) is 0. The molecule has 0 N–H and O–H groups in total. The molecule has 0 atom stereocenters. The molecule has 0 aliphatic carbocycles. The molecule has 0 saturated heterocycles. The molecule has 2 aromatic carbocycles. The molecule has 0 unspecified atom stereocenters. The normalized spacial score (nSPS) is 10.7. The third-order valence-corrected chi connectivity index (χ3v) is 5.22. The second-order valence-electron chi connectivity index (χ2n) is 5.93. The predicted molar refractivity (Wildman–Crippen MR) is 105 cm³/mol. The van der Waals surface area contributed by atoms with Gasteiger partial charge in [0, 0.05) is 11.4 Å². The highest BCUT2D eigenvalue weighted by molar-refractivity contribution is 7.98. The number of nitriles is 1. The van der Waals surface area contributed by atoms with Crippen LogP contribution in [0.15, 0.2) is 76.5 Å². The SMILES string of the molecule is Cc1occc1-c1nnc(SCc2ccccc2C#N)n1-c1ccccc1. The van der Waals surface area contributed by atoms with Gasteiger partial charge in [-0.15, -0.1) is 10.2 Å². The summed E-state index contributed by atoms with van der Waals surface area (Å²) in [6, 6.07) is 21.8. The van der Waals surface area contributed by atoms with E-state index in [1.54, 1.807) is 18.0 Å². The van der Waals surface area contributed by atoms with E-state index in [1.807, 2.05) is 72.2 Å². The van der Waals surface area contributed by atoms with E-state index in [1.165, 1.54) is 0 Å². The second-order valence-corrected chi connectivity index (χ2v) is 6.87. The number of aryl methyl sites for hydroxylation is 1. The minimum atomic E-state index is 0.638. The van der Waals surface area contributed by atoms with Crippen LogP contribution in [0.25, 0.3) is 17.1 Å². The van der Waals surface area contributed by atoms with Crippen molar-refractivity contribution in [2.24, 2.45) is 0 Å². The van der Waals surface area contributed by atoms with E-state index in [0.717, 1.165) is 33.6 Å². The fraction of sp³-hybridized carbons (Fsp3) is 0.0952. The van der Waals surface area contributed by atoms with Crippen molar-refractivity contribution < 1.29 is 4.42 Å². The Hall–Kier alpha value is -3.30. The first-order valence-electron chi connectivity index (χ1n) is 8.44. The number of rotatable bonds is 5. The number of para-hydroxylation sites is 1. The van der Waals surface area contributed by atoms with Gasteiger partial charge in [0.25, 0.3) is 0 Å². The van der Waals surface area contributed by atoms with Crippen LogP contribution < -0.4 is 0 Å². The Morgan fingerprint density at radius 1 is 1.04 bits per heavy atom. The van der Waals surface area contributed by atoms with Crippen LogP contribution in [0.2, 0.25) is 0 Å². The fourth-order valence-corrected chi connectivity index (χ4v) is 3.82. The van der Waals surface area contributed by atoms with Crippen molar-refractivity contribution in [1.29, 1.82) is 5.26 Å². The highest BCUT2D eigenvalue weighted by Gasteiger charge is 2.19. The van der Waals surface area contributed by atoms with Crippen LogP contribution in [0.3, 0.4) is 0 Å². The van der Waals surface area contributed by atoms with Gasteiger partial charge in [-0.3, -0.25) is 4.57 Å². The molecule has 0 spiro atoms. The van der Waals surface area contributed by atoms with E-state index in [-0.39, 0.29) is 0 Å². The number of thioether (sulfide) groups is 1. The Bertz CT molecular complexity index is 1110. The number of benzene rings is 2. The minimum absolute atomic E-state index is 0.638. The minimum Gasteiger partial charge on any atom is -0.469 e. The second kappa shape index (κ2) is 7.52. The van der Waals surface area contributed by atoms with Crippen molar-refractivity contribution >= 4 is 11.8 Å². The van der Waals surface area contributed by atoms with Crippen molar-refractivity contribution in [2.45, 2.75) is 17.8 Å². The molecule has 132 valence electrons. The summed E-state index contributed by atoms with van der Waals surface area (Å²) in [6.07, 6.45) is 1.66. The van der Waals surface area contributed by atoms with Gasteiger partial charge in [-0.05, 0) is 36.8 Å². The number of furan rings is 1. The number of aromatic nitrogens is 3. The molecule has 2 heterocycles. The molecule has 0 saturated carbocycles. The Morgan fingerprint density at radius 3 is 2.56 bits per heavy atom.